The summed E-state index contributed by atoms with van der Waals surface area (Å²) < 4.78 is 12.3. The lowest BCUT2D eigenvalue weighted by Crippen LogP contribution is -2.48. The van der Waals surface area contributed by atoms with Gasteiger partial charge in [0.1, 0.15) is 17.2 Å². The third-order valence-corrected chi connectivity index (χ3v) is 6.54. The highest BCUT2D eigenvalue weighted by Gasteiger charge is 2.26. The number of rotatable bonds is 7. The maximum atomic E-state index is 13.7. The monoisotopic (exact) mass is 482 g/mol. The molecule has 4 aromatic rings. The van der Waals surface area contributed by atoms with Gasteiger partial charge in [0.05, 0.1) is 25.6 Å². The van der Waals surface area contributed by atoms with E-state index < -0.39 is 0 Å². The summed E-state index contributed by atoms with van der Waals surface area (Å²) in [5.41, 5.74) is 4.30. The van der Waals surface area contributed by atoms with E-state index in [1.807, 2.05) is 65.6 Å². The Morgan fingerprint density at radius 3 is 2.03 bits per heavy atom. The van der Waals surface area contributed by atoms with Crippen LogP contribution in [-0.4, -0.2) is 65.9 Å². The first-order valence-corrected chi connectivity index (χ1v) is 12.1. The second-order valence-electron chi connectivity index (χ2n) is 8.81. The number of nitrogens with zero attached hydrogens (tertiary/aromatic N) is 4. The minimum absolute atomic E-state index is 0.0163. The summed E-state index contributed by atoms with van der Waals surface area (Å²) in [6.07, 6.45) is 0. The molecular formula is C29H30N4O3. The van der Waals surface area contributed by atoms with Crippen LogP contribution in [0.3, 0.4) is 0 Å². The molecule has 3 aromatic carbocycles. The Balaban J connectivity index is 1.39. The van der Waals surface area contributed by atoms with Crippen LogP contribution in [-0.2, 0) is 6.54 Å². The average Bonchev–Trinajstić information content (AvgIpc) is 3.39. The molecule has 0 bridgehead atoms. The number of hydrogen-bond acceptors (Lipinski definition) is 5. The highest BCUT2D eigenvalue weighted by Crippen LogP contribution is 2.26. The smallest absolute Gasteiger partial charge is 0.272 e. The van der Waals surface area contributed by atoms with Crippen LogP contribution in [0.15, 0.2) is 84.9 Å². The Labute approximate surface area is 211 Å². The Kier molecular flexibility index (Phi) is 7.00. The maximum Gasteiger partial charge on any atom is 0.272 e. The number of aromatic nitrogens is 2. The third kappa shape index (κ3) is 5.11. The molecule has 0 saturated carbocycles. The van der Waals surface area contributed by atoms with Crippen molar-refractivity contribution in [3.8, 4) is 28.4 Å². The van der Waals surface area contributed by atoms with Crippen LogP contribution in [0.1, 0.15) is 16.1 Å². The number of carbonyl (C=O) groups excluding carboxylic acids is 1. The van der Waals surface area contributed by atoms with E-state index in [4.69, 9.17) is 14.6 Å². The van der Waals surface area contributed by atoms with E-state index in [-0.39, 0.29) is 5.91 Å². The van der Waals surface area contributed by atoms with Gasteiger partial charge in [0, 0.05) is 38.3 Å². The van der Waals surface area contributed by atoms with Crippen molar-refractivity contribution >= 4 is 5.91 Å². The van der Waals surface area contributed by atoms with Gasteiger partial charge in [-0.2, -0.15) is 5.10 Å². The summed E-state index contributed by atoms with van der Waals surface area (Å²) in [5, 5.41) is 4.83. The summed E-state index contributed by atoms with van der Waals surface area (Å²) in [5.74, 6) is 1.51. The van der Waals surface area contributed by atoms with Gasteiger partial charge in [-0.25, -0.2) is 4.68 Å². The quantitative estimate of drug-likeness (QED) is 0.388. The van der Waals surface area contributed by atoms with Crippen LogP contribution < -0.4 is 9.47 Å². The third-order valence-electron chi connectivity index (χ3n) is 6.54. The molecule has 0 radical (unpaired) electrons. The van der Waals surface area contributed by atoms with E-state index >= 15 is 0 Å². The second kappa shape index (κ2) is 10.7. The number of carbonyl (C=O) groups is 1. The predicted octanol–water partition coefficient (Wildman–Crippen LogP) is 4.51. The fourth-order valence-electron chi connectivity index (χ4n) is 4.47. The van der Waals surface area contributed by atoms with Crippen molar-refractivity contribution < 1.29 is 14.3 Å². The molecule has 0 N–H and O–H groups in total. The molecule has 1 fully saturated rings. The highest BCUT2D eigenvalue weighted by molar-refractivity contribution is 5.94. The summed E-state index contributed by atoms with van der Waals surface area (Å²) in [7, 11) is 3.28. The molecule has 184 valence electrons. The molecule has 0 aliphatic carbocycles. The van der Waals surface area contributed by atoms with Gasteiger partial charge in [0.15, 0.2) is 0 Å². The van der Waals surface area contributed by atoms with Gasteiger partial charge in [0.2, 0.25) is 0 Å². The Morgan fingerprint density at radius 2 is 1.42 bits per heavy atom. The molecule has 1 amide bonds. The predicted molar refractivity (Wildman–Crippen MR) is 140 cm³/mol. The van der Waals surface area contributed by atoms with Gasteiger partial charge in [-0.1, -0.05) is 30.3 Å². The normalized spacial score (nSPS) is 14.0. The fraction of sp³-hybridized carbons (Fsp3) is 0.241. The summed E-state index contributed by atoms with van der Waals surface area (Å²) in [4.78, 5) is 18.0. The molecule has 1 aromatic heterocycles. The van der Waals surface area contributed by atoms with E-state index in [1.165, 1.54) is 5.56 Å². The van der Waals surface area contributed by atoms with Crippen molar-refractivity contribution in [2.24, 2.45) is 0 Å². The van der Waals surface area contributed by atoms with Gasteiger partial charge in [0.25, 0.3) is 5.91 Å². The highest BCUT2D eigenvalue weighted by atomic mass is 16.5. The first-order valence-electron chi connectivity index (χ1n) is 12.1. The lowest BCUT2D eigenvalue weighted by molar-refractivity contribution is 0.0619. The number of piperazine rings is 1. The maximum absolute atomic E-state index is 13.7. The average molecular weight is 483 g/mol. The zero-order valence-electron chi connectivity index (χ0n) is 20.6. The van der Waals surface area contributed by atoms with Crippen molar-refractivity contribution in [3.05, 3.63) is 96.2 Å². The van der Waals surface area contributed by atoms with Crippen molar-refractivity contribution in [1.29, 1.82) is 0 Å². The number of hydrogen-bond donors (Lipinski definition) is 0. The lowest BCUT2D eigenvalue weighted by Gasteiger charge is -2.34. The van der Waals surface area contributed by atoms with Crippen LogP contribution in [0, 0.1) is 0 Å². The van der Waals surface area contributed by atoms with E-state index in [0.29, 0.717) is 18.8 Å². The number of methoxy groups -OCH3 is 2. The van der Waals surface area contributed by atoms with Crippen molar-refractivity contribution in [3.63, 3.8) is 0 Å². The summed E-state index contributed by atoms with van der Waals surface area (Å²) in [6, 6.07) is 27.6. The SMILES string of the molecule is COc1ccc(-c2cc(C(=O)N3CCN(Cc4ccccc4)CC3)n(-c3ccc(OC)cc3)n2)cc1. The number of benzene rings is 3. The molecule has 36 heavy (non-hydrogen) atoms. The standard InChI is InChI=1S/C29H30N4O3/c1-35-25-12-8-23(9-13-25)27-20-28(33(30-27)24-10-14-26(36-2)15-11-24)29(34)32-18-16-31(17-19-32)21-22-6-4-3-5-7-22/h3-15,20H,16-19,21H2,1-2H3. The van der Waals surface area contributed by atoms with Crippen LogP contribution in [0.25, 0.3) is 16.9 Å². The van der Waals surface area contributed by atoms with Gasteiger partial charge in [-0.15, -0.1) is 0 Å². The van der Waals surface area contributed by atoms with Crippen molar-refractivity contribution in [2.45, 2.75) is 6.54 Å². The van der Waals surface area contributed by atoms with E-state index in [0.717, 1.165) is 48.1 Å². The summed E-state index contributed by atoms with van der Waals surface area (Å²) >= 11 is 0. The Morgan fingerprint density at radius 1 is 0.806 bits per heavy atom. The molecular weight excluding hydrogens is 452 g/mol. The molecule has 7 heteroatoms. The molecule has 5 rings (SSSR count). The Bertz CT molecular complexity index is 1290. The number of amides is 1. The van der Waals surface area contributed by atoms with Gasteiger partial charge in [-0.05, 0) is 60.2 Å². The zero-order chi connectivity index (χ0) is 24.9. The Hall–Kier alpha value is -4.10. The summed E-state index contributed by atoms with van der Waals surface area (Å²) in [6.45, 7) is 3.92. The van der Waals surface area contributed by atoms with Crippen LogP contribution in [0.4, 0.5) is 0 Å². The number of ether oxygens (including phenoxy) is 2. The van der Waals surface area contributed by atoms with E-state index in [1.54, 1.807) is 18.9 Å². The first-order chi connectivity index (χ1) is 17.6. The molecule has 7 nitrogen and oxygen atoms in total. The molecule has 1 aliphatic heterocycles. The van der Waals surface area contributed by atoms with Crippen molar-refractivity contribution in [2.75, 3.05) is 40.4 Å². The van der Waals surface area contributed by atoms with Crippen molar-refractivity contribution in [1.82, 2.24) is 19.6 Å². The van der Waals surface area contributed by atoms with E-state index in [2.05, 4.69) is 29.2 Å². The topological polar surface area (TPSA) is 59.8 Å². The molecule has 0 atom stereocenters. The van der Waals surface area contributed by atoms with Crippen LogP contribution in [0.5, 0.6) is 11.5 Å². The molecule has 0 unspecified atom stereocenters. The lowest BCUT2D eigenvalue weighted by atomic mass is 10.1. The zero-order valence-corrected chi connectivity index (χ0v) is 20.6. The minimum atomic E-state index is -0.0163. The largest absolute Gasteiger partial charge is 0.497 e. The van der Waals surface area contributed by atoms with Gasteiger partial charge >= 0.3 is 0 Å². The molecule has 0 spiro atoms. The van der Waals surface area contributed by atoms with Gasteiger partial charge < -0.3 is 14.4 Å². The van der Waals surface area contributed by atoms with Gasteiger partial charge in [-0.3, -0.25) is 9.69 Å². The fourth-order valence-corrected chi connectivity index (χ4v) is 4.47. The molecule has 1 saturated heterocycles. The second-order valence-corrected chi connectivity index (χ2v) is 8.81. The van der Waals surface area contributed by atoms with Crippen LogP contribution >= 0.6 is 0 Å². The van der Waals surface area contributed by atoms with Crippen LogP contribution in [0.2, 0.25) is 0 Å². The minimum Gasteiger partial charge on any atom is -0.497 e. The van der Waals surface area contributed by atoms with E-state index in [9.17, 15) is 4.79 Å². The molecule has 2 heterocycles. The first kappa shape index (κ1) is 23.6. The molecule has 1 aliphatic rings.